The van der Waals surface area contributed by atoms with Gasteiger partial charge in [-0.1, -0.05) is 11.6 Å². The minimum Gasteiger partial charge on any atom is -0.506 e. The molecule has 0 saturated carbocycles. The number of rotatable bonds is 3. The first-order valence-electron chi connectivity index (χ1n) is 5.37. The Morgan fingerprint density at radius 3 is 2.70 bits per heavy atom. The fourth-order valence-electron chi connectivity index (χ4n) is 1.48. The summed E-state index contributed by atoms with van der Waals surface area (Å²) in [5, 5.41) is 22.7. The first-order chi connectivity index (χ1) is 9.47. The number of amides is 1. The summed E-state index contributed by atoms with van der Waals surface area (Å²) in [5.74, 6) is -0.911. The molecule has 0 spiro atoms. The van der Waals surface area contributed by atoms with Gasteiger partial charge >= 0.3 is 0 Å². The fraction of sp³-hybridized carbons (Fsp3) is 0. The summed E-state index contributed by atoms with van der Waals surface area (Å²) < 4.78 is 0. The molecule has 1 aromatic carbocycles. The van der Waals surface area contributed by atoms with Gasteiger partial charge in [0.15, 0.2) is 0 Å². The van der Waals surface area contributed by atoms with Crippen LogP contribution in [0, 0.1) is 10.1 Å². The summed E-state index contributed by atoms with van der Waals surface area (Å²) in [5.41, 5.74) is 0.0451. The predicted octanol–water partition coefficient (Wildman–Crippen LogP) is 2.60. The third-order valence-electron chi connectivity index (χ3n) is 2.43. The molecule has 1 heterocycles. The first-order valence-corrected chi connectivity index (χ1v) is 5.75. The Hall–Kier alpha value is -2.67. The molecule has 0 unspecified atom stereocenters. The maximum atomic E-state index is 11.9. The van der Waals surface area contributed by atoms with Crippen LogP contribution >= 0.6 is 11.6 Å². The van der Waals surface area contributed by atoms with Crippen molar-refractivity contribution in [3.63, 3.8) is 0 Å². The van der Waals surface area contributed by atoms with Gasteiger partial charge in [-0.2, -0.15) is 0 Å². The molecule has 102 valence electrons. The van der Waals surface area contributed by atoms with E-state index in [-0.39, 0.29) is 22.1 Å². The van der Waals surface area contributed by atoms with Crippen LogP contribution in [-0.4, -0.2) is 20.9 Å². The van der Waals surface area contributed by atoms with Gasteiger partial charge in [-0.3, -0.25) is 14.9 Å². The summed E-state index contributed by atoms with van der Waals surface area (Å²) in [6.45, 7) is 0. The van der Waals surface area contributed by atoms with Gasteiger partial charge in [0.25, 0.3) is 11.6 Å². The third-order valence-corrected chi connectivity index (χ3v) is 2.64. The van der Waals surface area contributed by atoms with E-state index in [0.29, 0.717) is 0 Å². The van der Waals surface area contributed by atoms with E-state index < -0.39 is 16.6 Å². The summed E-state index contributed by atoms with van der Waals surface area (Å²) in [6.07, 6.45) is 1.37. The van der Waals surface area contributed by atoms with Gasteiger partial charge in [0, 0.05) is 17.8 Å². The molecule has 0 fully saturated rings. The van der Waals surface area contributed by atoms with Crippen molar-refractivity contribution in [1.82, 2.24) is 4.98 Å². The average molecular weight is 294 g/mol. The second kappa shape index (κ2) is 5.54. The molecule has 0 aliphatic rings. The SMILES string of the molecule is O=C(Nc1ccc([N+](=O)[O-])cc1O)c1ccnc(Cl)c1. The third kappa shape index (κ3) is 3.01. The number of nitrogens with zero attached hydrogens (tertiary/aromatic N) is 2. The Balaban J connectivity index is 2.22. The highest BCUT2D eigenvalue weighted by atomic mass is 35.5. The zero-order chi connectivity index (χ0) is 14.7. The number of anilines is 1. The number of aromatic nitrogens is 1. The van der Waals surface area contributed by atoms with Gasteiger partial charge in [0.1, 0.15) is 10.9 Å². The van der Waals surface area contributed by atoms with Gasteiger partial charge < -0.3 is 10.4 Å². The van der Waals surface area contributed by atoms with Crippen LogP contribution in [-0.2, 0) is 0 Å². The average Bonchev–Trinajstić information content (AvgIpc) is 2.40. The monoisotopic (exact) mass is 293 g/mol. The van der Waals surface area contributed by atoms with Crippen LogP contribution in [0.2, 0.25) is 5.15 Å². The Morgan fingerprint density at radius 1 is 1.35 bits per heavy atom. The van der Waals surface area contributed by atoms with E-state index in [9.17, 15) is 20.0 Å². The van der Waals surface area contributed by atoms with E-state index in [1.165, 1.54) is 30.5 Å². The molecule has 1 aromatic heterocycles. The van der Waals surface area contributed by atoms with Crippen LogP contribution in [0.25, 0.3) is 0 Å². The van der Waals surface area contributed by atoms with Crippen molar-refractivity contribution in [3.05, 3.63) is 57.4 Å². The lowest BCUT2D eigenvalue weighted by atomic mass is 10.2. The molecule has 8 heteroatoms. The fourth-order valence-corrected chi connectivity index (χ4v) is 1.65. The standard InChI is InChI=1S/C12H8ClN3O4/c13-11-5-7(3-4-14-11)12(18)15-9-2-1-8(16(19)20)6-10(9)17/h1-6,17H,(H,15,18). The number of nitro groups is 1. The minimum atomic E-state index is -0.645. The highest BCUT2D eigenvalue weighted by Gasteiger charge is 2.13. The second-order valence-electron chi connectivity index (χ2n) is 3.78. The van der Waals surface area contributed by atoms with Gasteiger partial charge in [0.2, 0.25) is 0 Å². The van der Waals surface area contributed by atoms with Crippen molar-refractivity contribution in [1.29, 1.82) is 0 Å². The van der Waals surface area contributed by atoms with Crippen LogP contribution in [0.15, 0.2) is 36.5 Å². The van der Waals surface area contributed by atoms with E-state index in [0.717, 1.165) is 6.07 Å². The maximum absolute atomic E-state index is 11.9. The summed E-state index contributed by atoms with van der Waals surface area (Å²) in [7, 11) is 0. The molecule has 2 rings (SSSR count). The molecule has 2 N–H and O–H groups in total. The normalized spacial score (nSPS) is 10.1. The van der Waals surface area contributed by atoms with Crippen LogP contribution in [0.4, 0.5) is 11.4 Å². The molecule has 0 atom stereocenters. The van der Waals surface area contributed by atoms with E-state index in [4.69, 9.17) is 11.6 Å². The van der Waals surface area contributed by atoms with E-state index >= 15 is 0 Å². The number of nitrogens with one attached hydrogen (secondary N) is 1. The number of hydrogen-bond acceptors (Lipinski definition) is 5. The largest absolute Gasteiger partial charge is 0.506 e. The lowest BCUT2D eigenvalue weighted by Crippen LogP contribution is -2.12. The van der Waals surface area contributed by atoms with Gasteiger partial charge in [0.05, 0.1) is 16.7 Å². The van der Waals surface area contributed by atoms with Crippen molar-refractivity contribution < 1.29 is 14.8 Å². The number of benzene rings is 1. The number of phenolic OH excluding ortho intramolecular Hbond substituents is 1. The lowest BCUT2D eigenvalue weighted by Gasteiger charge is -2.07. The molecular formula is C12H8ClN3O4. The Morgan fingerprint density at radius 2 is 2.10 bits per heavy atom. The van der Waals surface area contributed by atoms with E-state index in [2.05, 4.69) is 10.3 Å². The van der Waals surface area contributed by atoms with Gasteiger partial charge in [-0.25, -0.2) is 4.98 Å². The van der Waals surface area contributed by atoms with Crippen molar-refractivity contribution in [2.45, 2.75) is 0 Å². The zero-order valence-electron chi connectivity index (χ0n) is 9.91. The number of carbonyl (C=O) groups excluding carboxylic acids is 1. The molecule has 0 radical (unpaired) electrons. The smallest absolute Gasteiger partial charge is 0.273 e. The molecule has 0 aliphatic carbocycles. The Labute approximate surface area is 118 Å². The molecule has 20 heavy (non-hydrogen) atoms. The predicted molar refractivity (Wildman–Crippen MR) is 72.0 cm³/mol. The van der Waals surface area contributed by atoms with Crippen molar-refractivity contribution in [3.8, 4) is 5.75 Å². The Bertz CT molecular complexity index is 690. The molecule has 2 aromatic rings. The van der Waals surface area contributed by atoms with Crippen LogP contribution in [0.3, 0.4) is 0 Å². The lowest BCUT2D eigenvalue weighted by molar-refractivity contribution is -0.384. The molecule has 0 aliphatic heterocycles. The van der Waals surface area contributed by atoms with Crippen LogP contribution in [0.5, 0.6) is 5.75 Å². The number of nitro benzene ring substituents is 1. The number of halogens is 1. The molecule has 0 bridgehead atoms. The number of non-ortho nitro benzene ring substituents is 1. The van der Waals surface area contributed by atoms with Crippen molar-refractivity contribution >= 4 is 28.9 Å². The van der Waals surface area contributed by atoms with Crippen LogP contribution in [0.1, 0.15) is 10.4 Å². The number of phenols is 1. The number of carbonyl (C=O) groups is 1. The van der Waals surface area contributed by atoms with E-state index in [1.54, 1.807) is 0 Å². The highest BCUT2D eigenvalue weighted by molar-refractivity contribution is 6.29. The zero-order valence-corrected chi connectivity index (χ0v) is 10.7. The topological polar surface area (TPSA) is 105 Å². The van der Waals surface area contributed by atoms with Crippen molar-refractivity contribution in [2.24, 2.45) is 0 Å². The van der Waals surface area contributed by atoms with Crippen LogP contribution < -0.4 is 5.32 Å². The molecular weight excluding hydrogens is 286 g/mol. The highest BCUT2D eigenvalue weighted by Crippen LogP contribution is 2.28. The quantitative estimate of drug-likeness (QED) is 0.391. The van der Waals surface area contributed by atoms with Gasteiger partial charge in [-0.15, -0.1) is 0 Å². The minimum absolute atomic E-state index is 0.0635. The van der Waals surface area contributed by atoms with Gasteiger partial charge in [-0.05, 0) is 18.2 Å². The first kappa shape index (κ1) is 13.8. The molecule has 7 nitrogen and oxygen atoms in total. The molecule has 0 saturated heterocycles. The Kier molecular flexibility index (Phi) is 3.81. The second-order valence-corrected chi connectivity index (χ2v) is 4.17. The summed E-state index contributed by atoms with van der Waals surface area (Å²) >= 11 is 5.66. The molecule has 1 amide bonds. The number of hydrogen-bond donors (Lipinski definition) is 2. The summed E-state index contributed by atoms with van der Waals surface area (Å²) in [6, 6.07) is 6.18. The number of pyridine rings is 1. The van der Waals surface area contributed by atoms with Crippen molar-refractivity contribution in [2.75, 3.05) is 5.32 Å². The number of aromatic hydroxyl groups is 1. The summed E-state index contributed by atoms with van der Waals surface area (Å²) in [4.78, 5) is 25.5. The maximum Gasteiger partial charge on any atom is 0.273 e. The van der Waals surface area contributed by atoms with E-state index in [1.807, 2.05) is 0 Å².